The molecule has 0 bridgehead atoms. The molecule has 9 rings (SSSR count). The third-order valence-corrected chi connectivity index (χ3v) is 11.9. The van der Waals surface area contributed by atoms with Gasteiger partial charge < -0.3 is 4.90 Å². The van der Waals surface area contributed by atoms with Gasteiger partial charge >= 0.3 is 0 Å². The van der Waals surface area contributed by atoms with Crippen LogP contribution in [0.2, 0.25) is 0 Å². The van der Waals surface area contributed by atoms with Gasteiger partial charge in [0.15, 0.2) is 0 Å². The van der Waals surface area contributed by atoms with Gasteiger partial charge in [-0.1, -0.05) is 161 Å². The van der Waals surface area contributed by atoms with Gasteiger partial charge in [-0.2, -0.15) is 0 Å². The van der Waals surface area contributed by atoms with Crippen LogP contribution in [0, 0.1) is 6.92 Å². The molecule has 0 amide bonds. The summed E-state index contributed by atoms with van der Waals surface area (Å²) in [4.78, 5) is 2.47. The van der Waals surface area contributed by atoms with Crippen LogP contribution in [0.5, 0.6) is 0 Å². The van der Waals surface area contributed by atoms with Gasteiger partial charge in [0.2, 0.25) is 0 Å². The fraction of sp³-hybridized carbons (Fsp3) is 0.0714. The lowest BCUT2D eigenvalue weighted by molar-refractivity contribution is 0.660. The number of aryl methyl sites for hydroxylation is 1. The van der Waals surface area contributed by atoms with Crippen LogP contribution in [0.25, 0.3) is 73.5 Å². The van der Waals surface area contributed by atoms with Gasteiger partial charge in [-0.05, 0) is 145 Å². The van der Waals surface area contributed by atoms with Crippen LogP contribution in [0.4, 0.5) is 17.1 Å². The van der Waals surface area contributed by atoms with E-state index in [0.717, 1.165) is 50.4 Å². The van der Waals surface area contributed by atoms with E-state index >= 15 is 0 Å². The molecule has 0 aliphatic heterocycles. The average molecular weight is 732 g/mol. The molecule has 0 aromatic heterocycles. The molecule has 0 heterocycles. The van der Waals surface area contributed by atoms with Crippen molar-refractivity contribution in [2.45, 2.75) is 26.2 Å². The van der Waals surface area contributed by atoms with Crippen LogP contribution in [0.3, 0.4) is 0 Å². The van der Waals surface area contributed by atoms with Crippen molar-refractivity contribution in [3.05, 3.63) is 217 Å². The predicted octanol–water partition coefficient (Wildman–Crippen LogP) is 15.9. The molecule has 0 saturated heterocycles. The molecule has 0 fully saturated rings. The summed E-state index contributed by atoms with van der Waals surface area (Å²) in [5.41, 5.74) is 19.8. The minimum Gasteiger partial charge on any atom is -0.310 e. The smallest absolute Gasteiger partial charge is 0.0540 e. The number of hydrogen-bond donors (Lipinski definition) is 0. The second kappa shape index (κ2) is 14.3. The van der Waals surface area contributed by atoms with Crippen LogP contribution in [0.1, 0.15) is 47.2 Å². The minimum atomic E-state index is -0.178. The zero-order valence-corrected chi connectivity index (χ0v) is 32.9. The van der Waals surface area contributed by atoms with Crippen LogP contribution in [-0.2, 0) is 5.41 Å². The Bertz CT molecular complexity index is 2870. The van der Waals surface area contributed by atoms with E-state index in [4.69, 9.17) is 0 Å². The van der Waals surface area contributed by atoms with E-state index in [0.29, 0.717) is 0 Å². The maximum atomic E-state index is 4.16. The first-order valence-electron chi connectivity index (χ1n) is 19.7. The molecule has 0 unspecified atom stereocenters. The third-order valence-electron chi connectivity index (χ3n) is 11.9. The maximum Gasteiger partial charge on any atom is 0.0540 e. The van der Waals surface area contributed by atoms with Gasteiger partial charge in [-0.3, -0.25) is 0 Å². The van der Waals surface area contributed by atoms with Crippen LogP contribution in [-0.4, -0.2) is 0 Å². The molecule has 0 saturated carbocycles. The van der Waals surface area contributed by atoms with Gasteiger partial charge in [0.05, 0.1) is 5.69 Å². The van der Waals surface area contributed by atoms with Gasteiger partial charge in [0, 0.05) is 22.4 Å². The van der Waals surface area contributed by atoms with Gasteiger partial charge in [-0.25, -0.2) is 0 Å². The topological polar surface area (TPSA) is 3.24 Å². The fourth-order valence-corrected chi connectivity index (χ4v) is 8.82. The molecule has 0 spiro atoms. The molecule has 0 N–H and O–H groups in total. The first-order chi connectivity index (χ1) is 27.8. The largest absolute Gasteiger partial charge is 0.310 e. The Morgan fingerprint density at radius 3 is 1.81 bits per heavy atom. The van der Waals surface area contributed by atoms with E-state index in [1.165, 1.54) is 55.3 Å². The molecule has 1 heteroatoms. The lowest BCUT2D eigenvalue weighted by Gasteiger charge is -2.30. The van der Waals surface area contributed by atoms with Crippen LogP contribution >= 0.6 is 0 Å². The van der Waals surface area contributed by atoms with Crippen molar-refractivity contribution in [2.75, 3.05) is 4.90 Å². The van der Waals surface area contributed by atoms with E-state index in [1.54, 1.807) is 0 Å². The second-order valence-electron chi connectivity index (χ2n) is 15.6. The quantitative estimate of drug-likeness (QED) is 0.143. The monoisotopic (exact) mass is 731 g/mol. The normalized spacial score (nSPS) is 12.5. The van der Waals surface area contributed by atoms with Crippen molar-refractivity contribution in [2.24, 2.45) is 0 Å². The summed E-state index contributed by atoms with van der Waals surface area (Å²) in [6.07, 6.45) is 5.84. The van der Waals surface area contributed by atoms with Crippen molar-refractivity contribution in [1.29, 1.82) is 0 Å². The Balaban J connectivity index is 1.35. The first-order valence-corrected chi connectivity index (χ1v) is 19.7. The lowest BCUT2D eigenvalue weighted by atomic mass is 9.81. The van der Waals surface area contributed by atoms with Crippen molar-refractivity contribution >= 4 is 46.1 Å². The Kier molecular flexibility index (Phi) is 8.95. The molecular weight excluding hydrogens is 687 g/mol. The summed E-state index contributed by atoms with van der Waals surface area (Å²) in [5, 5.41) is 2.39. The minimum absolute atomic E-state index is 0.178. The number of benzene rings is 8. The molecule has 1 aliphatic carbocycles. The number of anilines is 3. The Labute approximate surface area is 337 Å². The summed E-state index contributed by atoms with van der Waals surface area (Å²) in [6.45, 7) is 19.2. The zero-order chi connectivity index (χ0) is 39.3. The van der Waals surface area contributed by atoms with E-state index < -0.39 is 0 Å². The number of hydrogen-bond acceptors (Lipinski definition) is 1. The molecule has 1 nitrogen and oxygen atoms in total. The summed E-state index contributed by atoms with van der Waals surface area (Å²) in [5.74, 6) is 0. The molecule has 0 radical (unpaired) electrons. The molecule has 57 heavy (non-hydrogen) atoms. The van der Waals surface area contributed by atoms with Crippen molar-refractivity contribution < 1.29 is 0 Å². The summed E-state index contributed by atoms with van der Waals surface area (Å²) >= 11 is 0. The van der Waals surface area contributed by atoms with Crippen molar-refractivity contribution in [3.63, 3.8) is 0 Å². The number of rotatable bonds is 9. The SMILES string of the molecule is C=Cc1cc(-c2cc(N(c3ccc4c(c3)-c3cc(C=C)c(C=C)cc3C4(C)C)c3ccc(-c4ccccc4)cc3-c3ccccc3)cc3ccccc23)ccc1C. The average Bonchev–Trinajstić information content (AvgIpc) is 3.48. The highest BCUT2D eigenvalue weighted by molar-refractivity contribution is 6.02. The Morgan fingerprint density at radius 2 is 1.07 bits per heavy atom. The number of nitrogens with zero attached hydrogens (tertiary/aromatic N) is 1. The zero-order valence-electron chi connectivity index (χ0n) is 32.9. The van der Waals surface area contributed by atoms with E-state index in [9.17, 15) is 0 Å². The first kappa shape index (κ1) is 35.7. The summed E-state index contributed by atoms with van der Waals surface area (Å²) in [6, 6.07) is 60.2. The van der Waals surface area contributed by atoms with Gasteiger partial charge in [-0.15, -0.1) is 0 Å². The molecule has 0 atom stereocenters. The van der Waals surface area contributed by atoms with Gasteiger partial charge in [0.25, 0.3) is 0 Å². The highest BCUT2D eigenvalue weighted by atomic mass is 15.1. The molecule has 274 valence electrons. The third kappa shape index (κ3) is 6.13. The van der Waals surface area contributed by atoms with Gasteiger partial charge in [0.1, 0.15) is 0 Å². The van der Waals surface area contributed by atoms with Crippen molar-refractivity contribution in [1.82, 2.24) is 0 Å². The molecule has 8 aromatic carbocycles. The number of fused-ring (bicyclic) bond motifs is 4. The van der Waals surface area contributed by atoms with Crippen LogP contribution < -0.4 is 4.90 Å². The summed E-state index contributed by atoms with van der Waals surface area (Å²) in [7, 11) is 0. The maximum absolute atomic E-state index is 4.16. The van der Waals surface area contributed by atoms with Crippen molar-refractivity contribution in [3.8, 4) is 44.5 Å². The van der Waals surface area contributed by atoms with E-state index in [2.05, 4.69) is 209 Å². The highest BCUT2D eigenvalue weighted by Crippen LogP contribution is 2.53. The van der Waals surface area contributed by atoms with E-state index in [1.807, 2.05) is 18.2 Å². The Morgan fingerprint density at radius 1 is 0.439 bits per heavy atom. The summed E-state index contributed by atoms with van der Waals surface area (Å²) < 4.78 is 0. The molecule has 1 aliphatic rings. The second-order valence-corrected chi connectivity index (χ2v) is 15.6. The fourth-order valence-electron chi connectivity index (χ4n) is 8.82. The standard InChI is InChI=1S/C56H45N/c1-7-38-30-45(25-24-37(38)4)49-36-47(31-44-22-16-17-23-48(44)49)57(55-29-26-43(41-18-12-10-13-19-41)33-50(55)42-20-14-11-15-21-42)46-27-28-53-52(35-46)51-32-39(8-2)40(9-3)34-54(51)56(53,5)6/h7-36H,1-3H2,4-6H3. The van der Waals surface area contributed by atoms with Crippen LogP contribution in [0.15, 0.2) is 184 Å². The lowest BCUT2D eigenvalue weighted by Crippen LogP contribution is -2.16. The molecule has 8 aromatic rings. The Hall–Kier alpha value is -6.96. The predicted molar refractivity (Wildman–Crippen MR) is 248 cm³/mol. The highest BCUT2D eigenvalue weighted by Gasteiger charge is 2.36. The van der Waals surface area contributed by atoms with E-state index in [-0.39, 0.29) is 5.41 Å². The molecular formula is C56H45N.